The highest BCUT2D eigenvalue weighted by atomic mass is 35.5. The van der Waals surface area contributed by atoms with Gasteiger partial charge in [0.15, 0.2) is 5.58 Å². The first-order valence-electron chi connectivity index (χ1n) is 11.6. The Kier molecular flexibility index (Phi) is 8.15. The second-order valence-electron chi connectivity index (χ2n) is 8.28. The number of hydrogen-bond donors (Lipinski definition) is 4. The summed E-state index contributed by atoms with van der Waals surface area (Å²) in [5, 5.41) is 9.99. The summed E-state index contributed by atoms with van der Waals surface area (Å²) in [5.41, 5.74) is 10.4. The first kappa shape index (κ1) is 26.2. The van der Waals surface area contributed by atoms with Gasteiger partial charge in [-0.15, -0.1) is 0 Å². The van der Waals surface area contributed by atoms with E-state index < -0.39 is 6.04 Å². The van der Waals surface area contributed by atoms with Crippen LogP contribution in [0.5, 0.6) is 0 Å². The van der Waals surface area contributed by atoms with Crippen molar-refractivity contribution >= 4 is 58.4 Å². The smallest absolute Gasteiger partial charge is 0.302 e. The number of nitrogens with two attached hydrogens (primary N) is 1. The van der Waals surface area contributed by atoms with Crippen LogP contribution >= 0.6 is 23.2 Å². The number of nitrogens with zero attached hydrogens (tertiary/aromatic N) is 3. The molecule has 1 unspecified atom stereocenters. The van der Waals surface area contributed by atoms with Gasteiger partial charge in [0.05, 0.1) is 5.57 Å². The Labute approximate surface area is 224 Å². The van der Waals surface area contributed by atoms with Crippen LogP contribution in [0.25, 0.3) is 11.1 Å². The number of allylic oxidation sites excluding steroid dienone is 1. The fourth-order valence-corrected chi connectivity index (χ4v) is 4.52. The van der Waals surface area contributed by atoms with Crippen LogP contribution in [0.1, 0.15) is 31.0 Å². The minimum atomic E-state index is -0.728. The molecule has 11 heteroatoms. The fraction of sp³-hybridized carbons (Fsp3) is 0.231. The number of carbonyl (C=O) groups excluding carboxylic acids is 1. The number of rotatable bonds is 7. The number of hydrogen-bond acceptors (Lipinski definition) is 8. The number of para-hydroxylation sites is 1. The van der Waals surface area contributed by atoms with Gasteiger partial charge in [-0.3, -0.25) is 15.1 Å². The summed E-state index contributed by atoms with van der Waals surface area (Å²) in [7, 11) is 1.63. The Hall–Kier alpha value is -3.82. The van der Waals surface area contributed by atoms with E-state index in [0.29, 0.717) is 44.0 Å². The standard InChI is InChI=1S/C26H27Cl2N7O2/c1-4-16-6-5-7-20-23(16)37-26(33-20)35-25-32-14(2)21(24(36)31-13-15(11-29)12-30-3)22(34-25)18-9-8-17(27)10-19(18)28/h5-12,22H,4,13,29H2,1-3H3,(H,31,36)(H2,32,33,34,35). The van der Waals surface area contributed by atoms with Crippen molar-refractivity contribution < 1.29 is 9.21 Å². The maximum atomic E-state index is 13.3. The molecule has 1 aliphatic rings. The molecule has 2 aromatic carbocycles. The molecule has 9 nitrogen and oxygen atoms in total. The number of nitrogens with one attached hydrogen (secondary N) is 3. The quantitative estimate of drug-likeness (QED) is 0.320. The summed E-state index contributed by atoms with van der Waals surface area (Å²) in [4.78, 5) is 26.6. The van der Waals surface area contributed by atoms with E-state index >= 15 is 0 Å². The van der Waals surface area contributed by atoms with Crippen molar-refractivity contribution in [2.75, 3.05) is 18.9 Å². The molecule has 0 saturated heterocycles. The van der Waals surface area contributed by atoms with Crippen LogP contribution in [0, 0.1) is 0 Å². The molecule has 0 aliphatic carbocycles. The van der Waals surface area contributed by atoms with Gasteiger partial charge in [0, 0.05) is 52.9 Å². The minimum Gasteiger partial charge on any atom is -0.423 e. The Morgan fingerprint density at radius 3 is 2.81 bits per heavy atom. The van der Waals surface area contributed by atoms with Crippen molar-refractivity contribution in [3.63, 3.8) is 0 Å². The molecule has 1 atom stereocenters. The predicted molar refractivity (Wildman–Crippen MR) is 149 cm³/mol. The van der Waals surface area contributed by atoms with Gasteiger partial charge in [-0.1, -0.05) is 48.3 Å². The van der Waals surface area contributed by atoms with Gasteiger partial charge in [-0.05, 0) is 37.1 Å². The molecular formula is C26H27Cl2N7O2. The molecule has 1 aromatic heterocycles. The molecule has 1 amide bonds. The van der Waals surface area contributed by atoms with E-state index in [2.05, 4.69) is 32.9 Å². The largest absolute Gasteiger partial charge is 0.423 e. The zero-order valence-corrected chi connectivity index (χ0v) is 22.1. The zero-order valence-electron chi connectivity index (χ0n) is 20.6. The van der Waals surface area contributed by atoms with Gasteiger partial charge < -0.3 is 20.8 Å². The third-order valence-corrected chi connectivity index (χ3v) is 6.37. The van der Waals surface area contributed by atoms with Crippen LogP contribution in [-0.4, -0.2) is 36.7 Å². The van der Waals surface area contributed by atoms with E-state index in [4.69, 9.17) is 38.3 Å². The minimum absolute atomic E-state index is 0.196. The van der Waals surface area contributed by atoms with E-state index in [1.807, 2.05) is 18.2 Å². The number of anilines is 1. The molecule has 5 N–H and O–H groups in total. The Balaban J connectivity index is 1.68. The second-order valence-corrected chi connectivity index (χ2v) is 9.13. The van der Waals surface area contributed by atoms with Gasteiger partial charge >= 0.3 is 6.01 Å². The molecule has 4 rings (SSSR count). The number of aryl methyl sites for hydroxylation is 1. The lowest BCUT2D eigenvalue weighted by Crippen LogP contribution is -2.39. The van der Waals surface area contributed by atoms with E-state index in [-0.39, 0.29) is 18.5 Å². The second kappa shape index (κ2) is 11.5. The van der Waals surface area contributed by atoms with Crippen LogP contribution in [0.2, 0.25) is 10.0 Å². The fourth-order valence-electron chi connectivity index (χ4n) is 4.01. The average Bonchev–Trinajstić information content (AvgIpc) is 3.28. The van der Waals surface area contributed by atoms with Crippen molar-refractivity contribution in [1.29, 1.82) is 0 Å². The van der Waals surface area contributed by atoms with Gasteiger partial charge in [0.1, 0.15) is 11.6 Å². The maximum absolute atomic E-state index is 13.3. The average molecular weight is 540 g/mol. The number of benzene rings is 2. The number of halogens is 2. The normalized spacial score (nSPS) is 16.2. The van der Waals surface area contributed by atoms with Crippen molar-refractivity contribution in [3.8, 4) is 0 Å². The summed E-state index contributed by atoms with van der Waals surface area (Å²) in [5.74, 6) is 0.0254. The van der Waals surface area contributed by atoms with Crippen molar-refractivity contribution in [1.82, 2.24) is 15.6 Å². The van der Waals surface area contributed by atoms with Crippen LogP contribution in [0.15, 0.2) is 73.8 Å². The van der Waals surface area contributed by atoms with Crippen LogP contribution in [0.4, 0.5) is 6.01 Å². The maximum Gasteiger partial charge on any atom is 0.302 e. The van der Waals surface area contributed by atoms with E-state index in [9.17, 15) is 4.79 Å². The van der Waals surface area contributed by atoms with Gasteiger partial charge in [-0.25, -0.2) is 4.99 Å². The highest BCUT2D eigenvalue weighted by molar-refractivity contribution is 6.35. The summed E-state index contributed by atoms with van der Waals surface area (Å²) < 4.78 is 5.97. The molecule has 0 spiro atoms. The number of oxazole rings is 1. The Bertz CT molecular complexity index is 1460. The first-order valence-corrected chi connectivity index (χ1v) is 12.4. The molecule has 0 fully saturated rings. The number of fused-ring (bicyclic) bond motifs is 1. The third-order valence-electron chi connectivity index (χ3n) is 5.81. The number of aliphatic imine (C=N–C) groups is 2. The van der Waals surface area contributed by atoms with Gasteiger partial charge in [-0.2, -0.15) is 4.98 Å². The lowest BCUT2D eigenvalue weighted by atomic mass is 9.95. The first-order chi connectivity index (χ1) is 17.8. The number of amides is 1. The van der Waals surface area contributed by atoms with Gasteiger partial charge in [0.2, 0.25) is 5.96 Å². The summed E-state index contributed by atoms with van der Waals surface area (Å²) >= 11 is 12.7. The molecule has 3 aromatic rings. The topological polar surface area (TPSA) is 130 Å². The Morgan fingerprint density at radius 1 is 1.30 bits per heavy atom. The number of guanidine groups is 1. The Morgan fingerprint density at radius 2 is 2.11 bits per heavy atom. The highest BCUT2D eigenvalue weighted by Gasteiger charge is 2.31. The van der Waals surface area contributed by atoms with Crippen LogP contribution in [-0.2, 0) is 11.2 Å². The zero-order chi connectivity index (χ0) is 26.5. The summed E-state index contributed by atoms with van der Waals surface area (Å²) in [6.07, 6.45) is 3.79. The van der Waals surface area contributed by atoms with Crippen molar-refractivity contribution in [2.24, 2.45) is 15.7 Å². The predicted octanol–water partition coefficient (Wildman–Crippen LogP) is 4.74. The van der Waals surface area contributed by atoms with Crippen molar-refractivity contribution in [2.45, 2.75) is 26.3 Å². The molecular weight excluding hydrogens is 513 g/mol. The number of carbonyl (C=O) groups is 1. The van der Waals surface area contributed by atoms with E-state index in [1.165, 1.54) is 6.20 Å². The molecule has 1 aliphatic heterocycles. The molecule has 0 radical (unpaired) electrons. The van der Waals surface area contributed by atoms with E-state index in [1.54, 1.807) is 38.4 Å². The van der Waals surface area contributed by atoms with Crippen LogP contribution in [0.3, 0.4) is 0 Å². The molecule has 0 bridgehead atoms. The van der Waals surface area contributed by atoms with Crippen molar-refractivity contribution in [3.05, 3.63) is 80.6 Å². The SMILES string of the molecule is CCc1cccc2nc(NC3=NC(c4ccc(Cl)cc4Cl)C(C(=O)NCC(C=NC)=CN)=C(C)N3)oc12. The molecule has 192 valence electrons. The van der Waals surface area contributed by atoms with E-state index in [0.717, 1.165) is 17.5 Å². The number of aromatic nitrogens is 1. The molecule has 0 saturated carbocycles. The molecule has 37 heavy (non-hydrogen) atoms. The van der Waals surface area contributed by atoms with Crippen LogP contribution < -0.4 is 21.7 Å². The summed E-state index contributed by atoms with van der Waals surface area (Å²) in [6.45, 7) is 4.04. The molecule has 2 heterocycles. The lowest BCUT2D eigenvalue weighted by molar-refractivity contribution is -0.117. The third kappa shape index (κ3) is 5.79. The van der Waals surface area contributed by atoms with Gasteiger partial charge in [0.25, 0.3) is 5.91 Å². The highest BCUT2D eigenvalue weighted by Crippen LogP contribution is 2.36. The lowest BCUT2D eigenvalue weighted by Gasteiger charge is -2.27. The monoisotopic (exact) mass is 539 g/mol. The summed E-state index contributed by atoms with van der Waals surface area (Å²) in [6, 6.07) is 10.5.